The highest BCUT2D eigenvalue weighted by molar-refractivity contribution is 14.1. The summed E-state index contributed by atoms with van der Waals surface area (Å²) in [4.78, 5) is 11.9. The van der Waals surface area contributed by atoms with Gasteiger partial charge in [-0.1, -0.05) is 42.9 Å². The van der Waals surface area contributed by atoms with Crippen LogP contribution in [-0.2, 0) is 9.53 Å². The van der Waals surface area contributed by atoms with E-state index < -0.39 is 5.60 Å². The third-order valence-corrected chi connectivity index (χ3v) is 6.80. The van der Waals surface area contributed by atoms with Crippen LogP contribution < -0.4 is 0 Å². The number of carbonyl (C=O) groups is 1. The monoisotopic (exact) mass is 394 g/mol. The molecule has 116 valence electrons. The summed E-state index contributed by atoms with van der Waals surface area (Å²) in [6, 6.07) is 0. The molecular formula is C16H27IO3. The van der Waals surface area contributed by atoms with Crippen LogP contribution in [0.1, 0.15) is 59.3 Å². The number of ether oxygens (including phenoxy) is 1. The fraction of sp³-hybridized carbons (Fsp3) is 0.938. The minimum Gasteiger partial charge on any atom is -0.464 e. The molecule has 3 unspecified atom stereocenters. The summed E-state index contributed by atoms with van der Waals surface area (Å²) < 4.78 is 5.50. The normalized spacial score (nSPS) is 42.0. The van der Waals surface area contributed by atoms with Crippen molar-refractivity contribution in [3.63, 3.8) is 0 Å². The van der Waals surface area contributed by atoms with Crippen LogP contribution in [0.4, 0.5) is 0 Å². The maximum atomic E-state index is 11.9. The van der Waals surface area contributed by atoms with Crippen LogP contribution in [0, 0.1) is 17.3 Å². The molecule has 2 aliphatic rings. The van der Waals surface area contributed by atoms with E-state index >= 15 is 0 Å². The van der Waals surface area contributed by atoms with Gasteiger partial charge in [-0.05, 0) is 50.9 Å². The molecule has 2 rings (SSSR count). The molecule has 2 aliphatic carbocycles. The van der Waals surface area contributed by atoms with Gasteiger partial charge in [-0.25, -0.2) is 0 Å². The van der Waals surface area contributed by atoms with E-state index in [1.54, 1.807) is 0 Å². The third-order valence-electron chi connectivity index (χ3n) is 5.41. The lowest BCUT2D eigenvalue weighted by Crippen LogP contribution is -2.54. The van der Waals surface area contributed by atoms with Gasteiger partial charge in [0.1, 0.15) is 3.92 Å². The zero-order valence-corrected chi connectivity index (χ0v) is 15.0. The van der Waals surface area contributed by atoms with Gasteiger partial charge in [0, 0.05) is 5.41 Å². The lowest BCUT2D eigenvalue weighted by molar-refractivity contribution is -0.162. The number of esters is 1. The van der Waals surface area contributed by atoms with Gasteiger partial charge in [-0.3, -0.25) is 4.79 Å². The Morgan fingerprint density at radius 1 is 1.35 bits per heavy atom. The minimum absolute atomic E-state index is 0.0394. The fourth-order valence-electron chi connectivity index (χ4n) is 4.04. The zero-order chi connectivity index (χ0) is 15.0. The molecule has 0 saturated heterocycles. The highest BCUT2D eigenvalue weighted by Crippen LogP contribution is 2.53. The van der Waals surface area contributed by atoms with Crippen LogP contribution in [0.5, 0.6) is 0 Å². The van der Waals surface area contributed by atoms with E-state index in [9.17, 15) is 9.90 Å². The zero-order valence-electron chi connectivity index (χ0n) is 12.8. The molecule has 0 radical (unpaired) electrons. The number of fused-ring (bicyclic) bond motifs is 2. The van der Waals surface area contributed by atoms with Crippen molar-refractivity contribution in [3.05, 3.63) is 0 Å². The standard InChI is InChI=1S/C16H27IO3/c1-4-13(17)14(18)20-10-15(2)8-11-6-5-7-12(9-15)16(11,3)19/h11-13,19H,4-10H2,1-3H3. The first-order valence-electron chi connectivity index (χ1n) is 7.81. The third kappa shape index (κ3) is 3.32. The highest BCUT2D eigenvalue weighted by Gasteiger charge is 2.51. The Bertz CT molecular complexity index is 351. The number of alkyl halides is 1. The van der Waals surface area contributed by atoms with Crippen molar-refractivity contribution >= 4 is 28.6 Å². The Labute approximate surface area is 136 Å². The van der Waals surface area contributed by atoms with Gasteiger partial charge >= 0.3 is 5.97 Å². The predicted octanol–water partition coefficient (Wildman–Crippen LogP) is 3.71. The molecule has 0 spiro atoms. The molecule has 20 heavy (non-hydrogen) atoms. The molecular weight excluding hydrogens is 367 g/mol. The van der Waals surface area contributed by atoms with Crippen molar-refractivity contribution in [2.24, 2.45) is 17.3 Å². The second kappa shape index (κ2) is 6.11. The Morgan fingerprint density at radius 3 is 2.40 bits per heavy atom. The smallest absolute Gasteiger partial charge is 0.318 e. The second-order valence-corrected chi connectivity index (χ2v) is 8.76. The average Bonchev–Trinajstić information content (AvgIpc) is 2.37. The van der Waals surface area contributed by atoms with Gasteiger partial charge in [0.2, 0.25) is 0 Å². The van der Waals surface area contributed by atoms with Gasteiger partial charge < -0.3 is 9.84 Å². The van der Waals surface area contributed by atoms with Crippen molar-refractivity contribution < 1.29 is 14.6 Å². The van der Waals surface area contributed by atoms with Gasteiger partial charge in [0.15, 0.2) is 0 Å². The van der Waals surface area contributed by atoms with Crippen LogP contribution in [0.25, 0.3) is 0 Å². The Kier molecular flexibility index (Phi) is 5.05. The van der Waals surface area contributed by atoms with Crippen molar-refractivity contribution in [3.8, 4) is 0 Å². The first-order valence-corrected chi connectivity index (χ1v) is 9.06. The molecule has 2 bridgehead atoms. The summed E-state index contributed by atoms with van der Waals surface area (Å²) in [6.07, 6.45) is 6.21. The Morgan fingerprint density at radius 2 is 1.90 bits per heavy atom. The minimum atomic E-state index is -0.517. The van der Waals surface area contributed by atoms with Gasteiger partial charge in [-0.2, -0.15) is 0 Å². The van der Waals surface area contributed by atoms with Crippen LogP contribution in [-0.4, -0.2) is 27.2 Å². The van der Waals surface area contributed by atoms with E-state index in [4.69, 9.17) is 4.74 Å². The van der Waals surface area contributed by atoms with Crippen molar-refractivity contribution in [2.45, 2.75) is 68.8 Å². The summed E-state index contributed by atoms with van der Waals surface area (Å²) in [7, 11) is 0. The van der Waals surface area contributed by atoms with E-state index in [0.29, 0.717) is 18.4 Å². The van der Waals surface area contributed by atoms with E-state index in [1.165, 1.54) is 6.42 Å². The molecule has 0 aromatic heterocycles. The molecule has 1 N–H and O–H groups in total. The van der Waals surface area contributed by atoms with Crippen molar-refractivity contribution in [1.82, 2.24) is 0 Å². The van der Waals surface area contributed by atoms with E-state index in [1.807, 2.05) is 13.8 Å². The SMILES string of the molecule is CCC(I)C(=O)OCC1(C)CC2CCCC(C1)C2(C)O. The molecule has 3 atom stereocenters. The first kappa shape index (κ1) is 16.5. The summed E-state index contributed by atoms with van der Waals surface area (Å²) in [5.74, 6) is 0.636. The molecule has 2 fully saturated rings. The second-order valence-electron chi connectivity index (χ2n) is 7.25. The number of aliphatic hydroxyl groups is 1. The number of halogens is 1. The van der Waals surface area contributed by atoms with Crippen molar-refractivity contribution in [2.75, 3.05) is 6.61 Å². The van der Waals surface area contributed by atoms with Gasteiger partial charge in [0.05, 0.1) is 12.2 Å². The summed E-state index contributed by atoms with van der Waals surface area (Å²) in [5, 5.41) is 10.7. The molecule has 0 aromatic rings. The number of rotatable bonds is 4. The van der Waals surface area contributed by atoms with Crippen LogP contribution in [0.3, 0.4) is 0 Å². The summed E-state index contributed by atoms with van der Waals surface area (Å²) in [5.41, 5.74) is -0.477. The molecule has 0 aliphatic heterocycles. The maximum Gasteiger partial charge on any atom is 0.318 e. The number of hydrogen-bond acceptors (Lipinski definition) is 3. The first-order chi connectivity index (χ1) is 9.28. The molecule has 0 heterocycles. The average molecular weight is 394 g/mol. The van der Waals surface area contributed by atoms with E-state index in [2.05, 4.69) is 29.5 Å². The molecule has 0 aromatic carbocycles. The van der Waals surface area contributed by atoms with Crippen LogP contribution in [0.15, 0.2) is 0 Å². The Hall–Kier alpha value is 0.160. The van der Waals surface area contributed by atoms with Crippen LogP contribution in [0.2, 0.25) is 0 Å². The molecule has 2 saturated carbocycles. The number of carbonyl (C=O) groups excluding carboxylic acids is 1. The quantitative estimate of drug-likeness (QED) is 0.449. The number of hydrogen-bond donors (Lipinski definition) is 1. The molecule has 3 nitrogen and oxygen atoms in total. The lowest BCUT2D eigenvalue weighted by Gasteiger charge is -2.54. The summed E-state index contributed by atoms with van der Waals surface area (Å²) >= 11 is 2.15. The lowest BCUT2D eigenvalue weighted by atomic mass is 9.55. The van der Waals surface area contributed by atoms with E-state index in [-0.39, 0.29) is 15.3 Å². The van der Waals surface area contributed by atoms with Gasteiger partial charge in [-0.15, -0.1) is 0 Å². The highest BCUT2D eigenvalue weighted by atomic mass is 127. The molecule has 0 amide bonds. The summed E-state index contributed by atoms with van der Waals surface area (Å²) in [6.45, 7) is 6.73. The van der Waals surface area contributed by atoms with Crippen LogP contribution >= 0.6 is 22.6 Å². The fourth-order valence-corrected chi connectivity index (χ4v) is 4.22. The maximum absolute atomic E-state index is 11.9. The largest absolute Gasteiger partial charge is 0.464 e. The Balaban J connectivity index is 1.97. The topological polar surface area (TPSA) is 46.5 Å². The molecule has 4 heteroatoms. The van der Waals surface area contributed by atoms with Gasteiger partial charge in [0.25, 0.3) is 0 Å². The predicted molar refractivity (Wildman–Crippen MR) is 87.9 cm³/mol. The van der Waals surface area contributed by atoms with Crippen molar-refractivity contribution in [1.29, 1.82) is 0 Å². The van der Waals surface area contributed by atoms with E-state index in [0.717, 1.165) is 32.1 Å².